The first kappa shape index (κ1) is 17.2. The molecule has 0 radical (unpaired) electrons. The molecule has 0 fully saturated rings. The molecule has 3 N–H and O–H groups in total. The van der Waals surface area contributed by atoms with E-state index < -0.39 is 11.3 Å². The van der Waals surface area contributed by atoms with Crippen molar-refractivity contribution >= 4 is 34.1 Å². The number of nitrogens with one attached hydrogen (secondary N) is 3. The molecule has 0 aliphatic carbocycles. The number of para-hydroxylation sites is 1. The van der Waals surface area contributed by atoms with Gasteiger partial charge in [-0.1, -0.05) is 12.1 Å². The zero-order valence-corrected chi connectivity index (χ0v) is 14.3. The molecule has 3 aromatic rings. The number of hydrogen-bond donors (Lipinski definition) is 3. The van der Waals surface area contributed by atoms with Crippen LogP contribution in [0.15, 0.2) is 53.5 Å². The molecule has 26 heavy (non-hydrogen) atoms. The largest absolute Gasteiger partial charge is 0.495 e. The molecular formula is C19H17N3O4. The Balaban J connectivity index is 1.92. The van der Waals surface area contributed by atoms with E-state index in [0.717, 1.165) is 0 Å². The molecule has 0 saturated carbocycles. The number of methoxy groups -OCH3 is 1. The normalized spacial score (nSPS) is 10.4. The van der Waals surface area contributed by atoms with Gasteiger partial charge in [-0.15, -0.1) is 0 Å². The Morgan fingerprint density at radius 1 is 1.04 bits per heavy atom. The van der Waals surface area contributed by atoms with Crippen LogP contribution >= 0.6 is 0 Å². The number of amides is 2. The van der Waals surface area contributed by atoms with Gasteiger partial charge in [0.2, 0.25) is 11.3 Å². The molecule has 0 unspecified atom stereocenters. The van der Waals surface area contributed by atoms with Gasteiger partial charge in [0.05, 0.1) is 18.0 Å². The Bertz CT molecular complexity index is 1060. The third-order valence-corrected chi connectivity index (χ3v) is 3.78. The van der Waals surface area contributed by atoms with Gasteiger partial charge >= 0.3 is 0 Å². The van der Waals surface area contributed by atoms with Crippen molar-refractivity contribution in [1.29, 1.82) is 0 Å². The Kier molecular flexibility index (Phi) is 4.70. The first-order valence-electron chi connectivity index (χ1n) is 7.87. The lowest BCUT2D eigenvalue weighted by Crippen LogP contribution is -2.22. The summed E-state index contributed by atoms with van der Waals surface area (Å²) in [5, 5.41) is 5.66. The number of anilines is 2. The zero-order valence-electron chi connectivity index (χ0n) is 14.3. The molecule has 1 aromatic heterocycles. The van der Waals surface area contributed by atoms with Crippen LogP contribution in [0.25, 0.3) is 10.9 Å². The fourth-order valence-corrected chi connectivity index (χ4v) is 2.64. The van der Waals surface area contributed by atoms with Gasteiger partial charge < -0.3 is 20.4 Å². The van der Waals surface area contributed by atoms with Crippen LogP contribution in [-0.2, 0) is 4.79 Å². The Labute approximate surface area is 149 Å². The summed E-state index contributed by atoms with van der Waals surface area (Å²) in [6.45, 7) is 1.40. The van der Waals surface area contributed by atoms with E-state index in [0.29, 0.717) is 28.0 Å². The molecule has 0 spiro atoms. The molecule has 3 rings (SSSR count). The number of hydrogen-bond acceptors (Lipinski definition) is 4. The number of fused-ring (bicyclic) bond motifs is 1. The van der Waals surface area contributed by atoms with Crippen LogP contribution in [0, 0.1) is 0 Å². The molecular weight excluding hydrogens is 334 g/mol. The smallest absolute Gasteiger partial charge is 0.261 e. The van der Waals surface area contributed by atoms with Crippen molar-refractivity contribution in [3.8, 4) is 5.75 Å². The van der Waals surface area contributed by atoms with Crippen molar-refractivity contribution in [3.63, 3.8) is 0 Å². The molecule has 0 atom stereocenters. The van der Waals surface area contributed by atoms with Crippen LogP contribution in [0.4, 0.5) is 11.4 Å². The van der Waals surface area contributed by atoms with Gasteiger partial charge in [-0.2, -0.15) is 0 Å². The van der Waals surface area contributed by atoms with Crippen LogP contribution in [0.5, 0.6) is 5.75 Å². The van der Waals surface area contributed by atoms with Gasteiger partial charge in [-0.3, -0.25) is 14.4 Å². The molecule has 1 heterocycles. The number of benzene rings is 2. The standard InChI is InChI=1S/C19H17N3O4/c1-11(23)21-12-5-3-6-13(9-12)22-19(25)15-10-20-17-14(18(15)24)7-4-8-16(17)26-2/h3-10H,1-2H3,(H,20,24)(H,21,23)(H,22,25). The van der Waals surface area contributed by atoms with E-state index in [-0.39, 0.29) is 11.5 Å². The summed E-state index contributed by atoms with van der Waals surface area (Å²) < 4.78 is 5.22. The Morgan fingerprint density at radius 2 is 1.73 bits per heavy atom. The van der Waals surface area contributed by atoms with Gasteiger partial charge in [0, 0.05) is 24.5 Å². The third kappa shape index (κ3) is 3.41. The van der Waals surface area contributed by atoms with E-state index in [1.807, 2.05) is 0 Å². The summed E-state index contributed by atoms with van der Waals surface area (Å²) in [7, 11) is 1.51. The monoisotopic (exact) mass is 351 g/mol. The summed E-state index contributed by atoms with van der Waals surface area (Å²) in [6, 6.07) is 11.7. The lowest BCUT2D eigenvalue weighted by atomic mass is 10.1. The summed E-state index contributed by atoms with van der Waals surface area (Å²) in [5.41, 5.74) is 1.13. The first-order chi connectivity index (χ1) is 12.5. The van der Waals surface area contributed by atoms with E-state index in [9.17, 15) is 14.4 Å². The number of carbonyl (C=O) groups is 2. The molecule has 2 amide bonds. The summed E-state index contributed by atoms with van der Waals surface area (Å²) in [6.07, 6.45) is 1.36. The number of H-pyrrole nitrogens is 1. The van der Waals surface area contributed by atoms with Crippen molar-refractivity contribution in [2.24, 2.45) is 0 Å². The van der Waals surface area contributed by atoms with E-state index in [1.165, 1.54) is 20.2 Å². The molecule has 0 aliphatic rings. The fourth-order valence-electron chi connectivity index (χ4n) is 2.64. The Hall–Kier alpha value is -3.61. The number of aromatic nitrogens is 1. The van der Waals surface area contributed by atoms with Crippen LogP contribution in [0.3, 0.4) is 0 Å². The highest BCUT2D eigenvalue weighted by molar-refractivity contribution is 6.06. The van der Waals surface area contributed by atoms with Gasteiger partial charge in [0.25, 0.3) is 5.91 Å². The van der Waals surface area contributed by atoms with Gasteiger partial charge in [-0.05, 0) is 30.3 Å². The molecule has 132 valence electrons. The van der Waals surface area contributed by atoms with E-state index in [4.69, 9.17) is 4.74 Å². The fraction of sp³-hybridized carbons (Fsp3) is 0.105. The highest BCUT2D eigenvalue weighted by Crippen LogP contribution is 2.21. The Morgan fingerprint density at radius 3 is 2.42 bits per heavy atom. The highest BCUT2D eigenvalue weighted by atomic mass is 16.5. The van der Waals surface area contributed by atoms with Crippen molar-refractivity contribution in [2.75, 3.05) is 17.7 Å². The van der Waals surface area contributed by atoms with Crippen molar-refractivity contribution < 1.29 is 14.3 Å². The van der Waals surface area contributed by atoms with Gasteiger partial charge in [0.1, 0.15) is 11.3 Å². The van der Waals surface area contributed by atoms with Crippen LogP contribution in [0.1, 0.15) is 17.3 Å². The van der Waals surface area contributed by atoms with E-state index in [1.54, 1.807) is 42.5 Å². The van der Waals surface area contributed by atoms with Crippen LogP contribution in [0.2, 0.25) is 0 Å². The topological polar surface area (TPSA) is 100 Å². The second kappa shape index (κ2) is 7.10. The summed E-state index contributed by atoms with van der Waals surface area (Å²) >= 11 is 0. The second-order valence-corrected chi connectivity index (χ2v) is 5.63. The van der Waals surface area contributed by atoms with Crippen LogP contribution in [-0.4, -0.2) is 23.9 Å². The maximum atomic E-state index is 12.6. The minimum absolute atomic E-state index is 0.0179. The molecule has 7 nitrogen and oxygen atoms in total. The lowest BCUT2D eigenvalue weighted by Gasteiger charge is -2.09. The SMILES string of the molecule is COc1cccc2c(=O)c(C(=O)Nc3cccc(NC(C)=O)c3)c[nH]c12. The first-order valence-corrected chi connectivity index (χ1v) is 7.87. The predicted molar refractivity (Wildman–Crippen MR) is 99.8 cm³/mol. The molecule has 2 aromatic carbocycles. The number of aromatic amines is 1. The number of ether oxygens (including phenoxy) is 1. The van der Waals surface area contributed by atoms with E-state index >= 15 is 0 Å². The molecule has 0 saturated heterocycles. The maximum absolute atomic E-state index is 12.6. The summed E-state index contributed by atoms with van der Waals surface area (Å²) in [5.74, 6) is -0.237. The predicted octanol–water partition coefficient (Wildman–Crippen LogP) is 2.75. The van der Waals surface area contributed by atoms with Gasteiger partial charge in [-0.25, -0.2) is 0 Å². The molecule has 0 aliphatic heterocycles. The average molecular weight is 351 g/mol. The highest BCUT2D eigenvalue weighted by Gasteiger charge is 2.15. The molecule has 0 bridgehead atoms. The zero-order chi connectivity index (χ0) is 18.7. The number of pyridine rings is 1. The molecule has 7 heteroatoms. The maximum Gasteiger partial charge on any atom is 0.261 e. The van der Waals surface area contributed by atoms with Crippen molar-refractivity contribution in [3.05, 3.63) is 64.4 Å². The quantitative estimate of drug-likeness (QED) is 0.673. The average Bonchev–Trinajstić information content (AvgIpc) is 2.61. The minimum Gasteiger partial charge on any atom is -0.495 e. The second-order valence-electron chi connectivity index (χ2n) is 5.63. The van der Waals surface area contributed by atoms with E-state index in [2.05, 4.69) is 15.6 Å². The van der Waals surface area contributed by atoms with Crippen molar-refractivity contribution in [1.82, 2.24) is 4.98 Å². The van der Waals surface area contributed by atoms with Crippen molar-refractivity contribution in [2.45, 2.75) is 6.92 Å². The number of rotatable bonds is 4. The summed E-state index contributed by atoms with van der Waals surface area (Å²) in [4.78, 5) is 39.2. The third-order valence-electron chi connectivity index (χ3n) is 3.78. The van der Waals surface area contributed by atoms with Crippen LogP contribution < -0.4 is 20.8 Å². The number of carbonyl (C=O) groups excluding carboxylic acids is 2. The minimum atomic E-state index is -0.545. The van der Waals surface area contributed by atoms with Gasteiger partial charge in [0.15, 0.2) is 0 Å². The lowest BCUT2D eigenvalue weighted by molar-refractivity contribution is -0.114.